The smallest absolute Gasteiger partial charge is 0.132 e. The van der Waals surface area contributed by atoms with Crippen LogP contribution in [0.25, 0.3) is 0 Å². The molecule has 3 heteroatoms. The van der Waals surface area contributed by atoms with Gasteiger partial charge in [-0.15, -0.1) is 0 Å². The van der Waals surface area contributed by atoms with Crippen molar-refractivity contribution in [2.45, 2.75) is 31.6 Å². The Kier molecular flexibility index (Phi) is 1.89. The first-order valence-corrected chi connectivity index (χ1v) is 5.50. The van der Waals surface area contributed by atoms with E-state index in [9.17, 15) is 0 Å². The zero-order chi connectivity index (χ0) is 9.38. The molecule has 3 nitrogen and oxygen atoms in total. The van der Waals surface area contributed by atoms with Gasteiger partial charge in [-0.25, -0.2) is 9.97 Å². The van der Waals surface area contributed by atoms with Crippen LogP contribution < -0.4 is 4.90 Å². The molecule has 0 N–H and O–H groups in total. The summed E-state index contributed by atoms with van der Waals surface area (Å²) in [6.45, 7) is 2.34. The largest absolute Gasteiger partial charge is 0.356 e. The second kappa shape index (κ2) is 3.23. The minimum Gasteiger partial charge on any atom is -0.356 e. The van der Waals surface area contributed by atoms with Crippen molar-refractivity contribution in [3.63, 3.8) is 0 Å². The van der Waals surface area contributed by atoms with Gasteiger partial charge in [0.25, 0.3) is 0 Å². The van der Waals surface area contributed by atoms with Crippen LogP contribution in [0, 0.1) is 0 Å². The third kappa shape index (κ3) is 1.27. The molecule has 14 heavy (non-hydrogen) atoms. The third-order valence-electron chi connectivity index (χ3n) is 3.38. The van der Waals surface area contributed by atoms with Crippen LogP contribution in [0.5, 0.6) is 0 Å². The van der Waals surface area contributed by atoms with Gasteiger partial charge in [0, 0.05) is 30.8 Å². The molecule has 0 bridgehead atoms. The molecule has 1 aliphatic heterocycles. The van der Waals surface area contributed by atoms with E-state index >= 15 is 0 Å². The monoisotopic (exact) mass is 189 g/mol. The average molecular weight is 189 g/mol. The van der Waals surface area contributed by atoms with Gasteiger partial charge in [0.1, 0.15) is 12.1 Å². The van der Waals surface area contributed by atoms with Gasteiger partial charge >= 0.3 is 0 Å². The van der Waals surface area contributed by atoms with Gasteiger partial charge in [0.05, 0.1) is 0 Å². The molecule has 0 radical (unpaired) electrons. The van der Waals surface area contributed by atoms with Crippen molar-refractivity contribution in [2.24, 2.45) is 0 Å². The Morgan fingerprint density at radius 1 is 1.14 bits per heavy atom. The van der Waals surface area contributed by atoms with Crippen LogP contribution in [0.3, 0.4) is 0 Å². The molecular weight excluding hydrogens is 174 g/mol. The lowest BCUT2D eigenvalue weighted by molar-refractivity contribution is 0.410. The van der Waals surface area contributed by atoms with E-state index in [0.29, 0.717) is 0 Å². The molecule has 1 aliphatic carbocycles. The molecule has 2 aliphatic rings. The zero-order valence-corrected chi connectivity index (χ0v) is 8.32. The van der Waals surface area contributed by atoms with Crippen molar-refractivity contribution >= 4 is 5.82 Å². The maximum absolute atomic E-state index is 4.36. The molecule has 0 spiro atoms. The van der Waals surface area contributed by atoms with Gasteiger partial charge < -0.3 is 4.90 Å². The fraction of sp³-hybridized carbons (Fsp3) is 0.636. The summed E-state index contributed by atoms with van der Waals surface area (Å²) in [6.07, 6.45) is 7.03. The highest BCUT2D eigenvalue weighted by Crippen LogP contribution is 2.36. The summed E-state index contributed by atoms with van der Waals surface area (Å²) < 4.78 is 0. The van der Waals surface area contributed by atoms with Crippen LogP contribution in [0.1, 0.15) is 37.3 Å². The molecule has 1 aromatic heterocycles. The van der Waals surface area contributed by atoms with Gasteiger partial charge in [0.2, 0.25) is 0 Å². The minimum atomic E-state index is 0.720. The number of anilines is 1. The molecule has 2 fully saturated rings. The summed E-state index contributed by atoms with van der Waals surface area (Å²) in [4.78, 5) is 11.0. The highest BCUT2D eigenvalue weighted by atomic mass is 15.2. The minimum absolute atomic E-state index is 0.720. The first kappa shape index (κ1) is 8.21. The Bertz CT molecular complexity index is 300. The first-order valence-electron chi connectivity index (χ1n) is 5.50. The molecule has 74 valence electrons. The predicted octanol–water partition coefficient (Wildman–Crippen LogP) is 1.95. The highest BCUT2D eigenvalue weighted by Gasteiger charge is 2.23. The fourth-order valence-corrected chi connectivity index (χ4v) is 2.01. The summed E-state index contributed by atoms with van der Waals surface area (Å²) in [6, 6.07) is 2.18. The van der Waals surface area contributed by atoms with Crippen LogP contribution in [0.4, 0.5) is 5.82 Å². The van der Waals surface area contributed by atoms with Gasteiger partial charge in [0.15, 0.2) is 0 Å². The Morgan fingerprint density at radius 2 is 2.00 bits per heavy atom. The molecule has 1 saturated carbocycles. The normalized spacial score (nSPS) is 21.6. The first-order chi connectivity index (χ1) is 6.93. The number of hydrogen-bond donors (Lipinski definition) is 0. The van der Waals surface area contributed by atoms with E-state index in [-0.39, 0.29) is 0 Å². The van der Waals surface area contributed by atoms with E-state index in [1.54, 1.807) is 6.33 Å². The van der Waals surface area contributed by atoms with Crippen LogP contribution in [0.2, 0.25) is 0 Å². The summed E-state index contributed by atoms with van der Waals surface area (Å²) in [5.74, 6) is 1.85. The summed E-state index contributed by atoms with van der Waals surface area (Å²) >= 11 is 0. The number of aromatic nitrogens is 2. The second-order valence-electron chi connectivity index (χ2n) is 4.27. The number of rotatable bonds is 2. The third-order valence-corrected chi connectivity index (χ3v) is 3.38. The topological polar surface area (TPSA) is 29.0 Å². The van der Waals surface area contributed by atoms with Crippen molar-refractivity contribution in [1.29, 1.82) is 0 Å². The van der Waals surface area contributed by atoms with E-state index < -0.39 is 0 Å². The van der Waals surface area contributed by atoms with Crippen LogP contribution in [-0.2, 0) is 0 Å². The summed E-state index contributed by atoms with van der Waals surface area (Å²) in [5, 5.41) is 0. The zero-order valence-electron chi connectivity index (χ0n) is 8.32. The maximum Gasteiger partial charge on any atom is 0.132 e. The van der Waals surface area contributed by atoms with Gasteiger partial charge in [-0.2, -0.15) is 0 Å². The number of nitrogens with zero attached hydrogens (tertiary/aromatic N) is 3. The molecule has 1 saturated heterocycles. The van der Waals surface area contributed by atoms with Crippen molar-refractivity contribution < 1.29 is 0 Å². The molecule has 0 atom stereocenters. The number of hydrogen-bond acceptors (Lipinski definition) is 3. The SMILES string of the molecule is c1nc(C2CCC2)cc(N2CCC2)n1. The quantitative estimate of drug-likeness (QED) is 0.712. The van der Waals surface area contributed by atoms with Crippen LogP contribution in [-0.4, -0.2) is 23.1 Å². The van der Waals surface area contributed by atoms with E-state index in [1.807, 2.05) is 0 Å². The lowest BCUT2D eigenvalue weighted by Gasteiger charge is -2.33. The van der Waals surface area contributed by atoms with Crippen molar-refractivity contribution in [1.82, 2.24) is 9.97 Å². The van der Waals surface area contributed by atoms with Crippen LogP contribution in [0.15, 0.2) is 12.4 Å². The average Bonchev–Trinajstić information content (AvgIpc) is 1.98. The Hall–Kier alpha value is -1.12. The second-order valence-corrected chi connectivity index (χ2v) is 4.27. The summed E-state index contributed by atoms with van der Waals surface area (Å²) in [7, 11) is 0. The lowest BCUT2D eigenvalue weighted by Crippen LogP contribution is -2.37. The molecule has 3 rings (SSSR count). The molecular formula is C11H15N3. The van der Waals surface area contributed by atoms with E-state index in [1.165, 1.54) is 44.5 Å². The van der Waals surface area contributed by atoms with Crippen LogP contribution >= 0.6 is 0 Å². The molecule has 0 unspecified atom stereocenters. The fourth-order valence-electron chi connectivity index (χ4n) is 2.01. The maximum atomic E-state index is 4.36. The Balaban J connectivity index is 1.82. The molecule has 2 heterocycles. The molecule has 0 aromatic carbocycles. The van der Waals surface area contributed by atoms with Gasteiger partial charge in [-0.05, 0) is 19.3 Å². The Morgan fingerprint density at radius 3 is 2.57 bits per heavy atom. The molecule has 1 aromatic rings. The van der Waals surface area contributed by atoms with E-state index in [0.717, 1.165) is 11.7 Å². The van der Waals surface area contributed by atoms with Gasteiger partial charge in [-0.1, -0.05) is 6.42 Å². The molecule has 0 amide bonds. The standard InChI is InChI=1S/C11H15N3/c1-3-9(4-1)10-7-11(13-8-12-10)14-5-2-6-14/h7-9H,1-6H2. The predicted molar refractivity (Wildman–Crippen MR) is 55.5 cm³/mol. The van der Waals surface area contributed by atoms with E-state index in [4.69, 9.17) is 0 Å². The van der Waals surface area contributed by atoms with Crippen molar-refractivity contribution in [3.05, 3.63) is 18.1 Å². The summed E-state index contributed by atoms with van der Waals surface area (Å²) in [5.41, 5.74) is 1.26. The van der Waals surface area contributed by atoms with Crippen molar-refractivity contribution in [3.8, 4) is 0 Å². The van der Waals surface area contributed by atoms with Gasteiger partial charge in [-0.3, -0.25) is 0 Å². The van der Waals surface area contributed by atoms with Crippen molar-refractivity contribution in [2.75, 3.05) is 18.0 Å². The lowest BCUT2D eigenvalue weighted by atomic mass is 9.83. The van der Waals surface area contributed by atoms with E-state index in [2.05, 4.69) is 20.9 Å². The Labute approximate surface area is 84.2 Å². The highest BCUT2D eigenvalue weighted by molar-refractivity contribution is 5.41.